The molecule has 0 aliphatic carbocycles. The second-order valence-electron chi connectivity index (χ2n) is 3.41. The van der Waals surface area contributed by atoms with Crippen molar-refractivity contribution in [3.05, 3.63) is 22.3 Å². The van der Waals surface area contributed by atoms with Gasteiger partial charge in [0.15, 0.2) is 0 Å². The Balaban J connectivity index is 0.000000686. The number of ether oxygens (including phenoxy) is 1. The van der Waals surface area contributed by atoms with Crippen LogP contribution in [0.2, 0.25) is 0 Å². The minimum absolute atomic E-state index is 0.0401. The van der Waals surface area contributed by atoms with Crippen molar-refractivity contribution < 1.29 is 9.84 Å². The summed E-state index contributed by atoms with van der Waals surface area (Å²) in [5, 5.41) is 9.09. The van der Waals surface area contributed by atoms with Crippen molar-refractivity contribution in [3.63, 3.8) is 0 Å². The van der Waals surface area contributed by atoms with Crippen molar-refractivity contribution in [2.45, 2.75) is 20.5 Å². The minimum Gasteiger partial charge on any atom is -0.392 e. The molecule has 0 saturated carbocycles. The van der Waals surface area contributed by atoms with Gasteiger partial charge in [0.2, 0.25) is 0 Å². The van der Waals surface area contributed by atoms with Crippen molar-refractivity contribution in [3.8, 4) is 0 Å². The smallest absolute Gasteiger partial charge is 0.130 e. The number of rotatable bonds is 2. The SMILES string of the molecule is CC.OCc1cc(Br)nc(N2CCOCC2)c1. The maximum atomic E-state index is 9.09. The zero-order valence-corrected chi connectivity index (χ0v) is 11.9. The zero-order chi connectivity index (χ0) is 12.7. The molecule has 1 aromatic heterocycles. The maximum absolute atomic E-state index is 9.09. The van der Waals surface area contributed by atoms with E-state index in [4.69, 9.17) is 9.84 Å². The lowest BCUT2D eigenvalue weighted by Crippen LogP contribution is -2.36. The predicted octanol–water partition coefficient (Wildman–Crippen LogP) is 2.20. The molecule has 0 radical (unpaired) electrons. The normalized spacial score (nSPS) is 15.2. The first-order chi connectivity index (χ1) is 8.29. The first kappa shape index (κ1) is 14.4. The van der Waals surface area contributed by atoms with Crippen molar-refractivity contribution in [1.82, 2.24) is 4.98 Å². The Labute approximate surface area is 111 Å². The third kappa shape index (κ3) is 4.26. The summed E-state index contributed by atoms with van der Waals surface area (Å²) in [6.07, 6.45) is 0. The van der Waals surface area contributed by atoms with Crippen molar-refractivity contribution >= 4 is 21.7 Å². The number of pyridine rings is 1. The lowest BCUT2D eigenvalue weighted by molar-refractivity contribution is 0.122. The fourth-order valence-electron chi connectivity index (χ4n) is 1.58. The molecule has 0 atom stereocenters. The molecule has 0 unspecified atom stereocenters. The fraction of sp³-hybridized carbons (Fsp3) is 0.583. The van der Waals surface area contributed by atoms with Gasteiger partial charge in [0.1, 0.15) is 10.4 Å². The molecule has 17 heavy (non-hydrogen) atoms. The van der Waals surface area contributed by atoms with Gasteiger partial charge in [0, 0.05) is 13.1 Å². The van der Waals surface area contributed by atoms with Crippen molar-refractivity contribution in [1.29, 1.82) is 0 Å². The molecular formula is C12H19BrN2O2. The molecule has 2 heterocycles. The summed E-state index contributed by atoms with van der Waals surface area (Å²) in [4.78, 5) is 6.54. The number of hydrogen-bond acceptors (Lipinski definition) is 4. The maximum Gasteiger partial charge on any atom is 0.130 e. The molecule has 1 saturated heterocycles. The van der Waals surface area contributed by atoms with Crippen LogP contribution in [-0.4, -0.2) is 36.4 Å². The van der Waals surface area contributed by atoms with E-state index in [1.807, 2.05) is 26.0 Å². The van der Waals surface area contributed by atoms with E-state index in [-0.39, 0.29) is 6.61 Å². The largest absolute Gasteiger partial charge is 0.392 e. The van der Waals surface area contributed by atoms with Gasteiger partial charge in [-0.2, -0.15) is 0 Å². The number of anilines is 1. The van der Waals surface area contributed by atoms with E-state index in [0.717, 1.165) is 42.3 Å². The summed E-state index contributed by atoms with van der Waals surface area (Å²) in [5.74, 6) is 0.900. The molecule has 4 nitrogen and oxygen atoms in total. The second kappa shape index (κ2) is 7.63. The predicted molar refractivity (Wildman–Crippen MR) is 72.2 cm³/mol. The van der Waals surface area contributed by atoms with Gasteiger partial charge in [0.05, 0.1) is 19.8 Å². The number of nitrogens with zero attached hydrogens (tertiary/aromatic N) is 2. The highest BCUT2D eigenvalue weighted by atomic mass is 79.9. The van der Waals surface area contributed by atoms with Crippen LogP contribution in [0.5, 0.6) is 0 Å². The third-order valence-electron chi connectivity index (χ3n) is 2.36. The standard InChI is InChI=1S/C10H13BrN2O2.C2H6/c11-9-5-8(7-14)6-10(12-9)13-1-3-15-4-2-13;1-2/h5-6,14H,1-4,7H2;1-2H3. The van der Waals surface area contributed by atoms with Crippen LogP contribution in [-0.2, 0) is 11.3 Å². The third-order valence-corrected chi connectivity index (χ3v) is 2.76. The van der Waals surface area contributed by atoms with Gasteiger partial charge in [-0.05, 0) is 33.6 Å². The molecule has 1 N–H and O–H groups in total. The molecule has 1 aliphatic heterocycles. The number of halogens is 1. The molecule has 96 valence electrons. The van der Waals surface area contributed by atoms with Gasteiger partial charge in [-0.3, -0.25) is 0 Å². The molecule has 0 aromatic carbocycles. The van der Waals surface area contributed by atoms with Gasteiger partial charge < -0.3 is 14.7 Å². The summed E-state index contributed by atoms with van der Waals surface area (Å²) in [6.45, 7) is 7.23. The average molecular weight is 303 g/mol. The number of aromatic nitrogens is 1. The lowest BCUT2D eigenvalue weighted by atomic mass is 10.2. The Hall–Kier alpha value is -0.650. The molecule has 5 heteroatoms. The summed E-state index contributed by atoms with van der Waals surface area (Å²) in [7, 11) is 0. The molecule has 2 rings (SSSR count). The molecular weight excluding hydrogens is 284 g/mol. The van der Waals surface area contributed by atoms with Crippen molar-refractivity contribution in [2.24, 2.45) is 0 Å². The van der Waals surface area contributed by atoms with Gasteiger partial charge in [-0.15, -0.1) is 0 Å². The molecule has 1 aromatic rings. The Bertz CT molecular complexity index is 341. The Kier molecular flexibility index (Phi) is 6.47. The van der Waals surface area contributed by atoms with Crippen LogP contribution >= 0.6 is 15.9 Å². The highest BCUT2D eigenvalue weighted by Gasteiger charge is 2.13. The molecule has 0 amide bonds. The van der Waals surface area contributed by atoms with E-state index in [1.165, 1.54) is 0 Å². The molecule has 1 aliphatic rings. The van der Waals surface area contributed by atoms with E-state index in [2.05, 4.69) is 25.8 Å². The molecule has 0 spiro atoms. The number of hydrogen-bond donors (Lipinski definition) is 1. The quantitative estimate of drug-likeness (QED) is 0.851. The van der Waals surface area contributed by atoms with E-state index < -0.39 is 0 Å². The highest BCUT2D eigenvalue weighted by Crippen LogP contribution is 2.19. The minimum atomic E-state index is 0.0401. The summed E-state index contributed by atoms with van der Waals surface area (Å²) in [5.41, 5.74) is 0.873. The van der Waals surface area contributed by atoms with E-state index in [9.17, 15) is 0 Å². The second-order valence-corrected chi connectivity index (χ2v) is 4.23. The van der Waals surface area contributed by atoms with Gasteiger partial charge in [0.25, 0.3) is 0 Å². The first-order valence-electron chi connectivity index (χ1n) is 5.89. The van der Waals surface area contributed by atoms with Crippen LogP contribution in [0.3, 0.4) is 0 Å². The highest BCUT2D eigenvalue weighted by molar-refractivity contribution is 9.10. The first-order valence-corrected chi connectivity index (χ1v) is 6.69. The van der Waals surface area contributed by atoms with E-state index >= 15 is 0 Å². The van der Waals surface area contributed by atoms with Crippen LogP contribution in [0.4, 0.5) is 5.82 Å². The zero-order valence-electron chi connectivity index (χ0n) is 10.3. The topological polar surface area (TPSA) is 45.6 Å². The van der Waals surface area contributed by atoms with Gasteiger partial charge in [-0.1, -0.05) is 13.8 Å². The summed E-state index contributed by atoms with van der Waals surface area (Å²) >= 11 is 3.34. The summed E-state index contributed by atoms with van der Waals surface area (Å²) < 4.78 is 6.04. The lowest BCUT2D eigenvalue weighted by Gasteiger charge is -2.28. The Morgan fingerprint density at radius 1 is 1.35 bits per heavy atom. The van der Waals surface area contributed by atoms with Crippen LogP contribution in [0.15, 0.2) is 16.7 Å². The van der Waals surface area contributed by atoms with Crippen LogP contribution in [0.1, 0.15) is 19.4 Å². The van der Waals surface area contributed by atoms with Crippen LogP contribution in [0, 0.1) is 0 Å². The van der Waals surface area contributed by atoms with E-state index in [1.54, 1.807) is 0 Å². The van der Waals surface area contributed by atoms with E-state index in [0.29, 0.717) is 0 Å². The van der Waals surface area contributed by atoms with Crippen LogP contribution in [0.25, 0.3) is 0 Å². The summed E-state index contributed by atoms with van der Waals surface area (Å²) in [6, 6.07) is 3.74. The van der Waals surface area contributed by atoms with Gasteiger partial charge in [-0.25, -0.2) is 4.98 Å². The average Bonchev–Trinajstić information content (AvgIpc) is 2.41. The van der Waals surface area contributed by atoms with Crippen LogP contribution < -0.4 is 4.90 Å². The Morgan fingerprint density at radius 2 is 2.00 bits per heavy atom. The number of aliphatic hydroxyl groups excluding tert-OH is 1. The van der Waals surface area contributed by atoms with Gasteiger partial charge >= 0.3 is 0 Å². The Morgan fingerprint density at radius 3 is 2.59 bits per heavy atom. The number of aliphatic hydroxyl groups is 1. The fourth-order valence-corrected chi connectivity index (χ4v) is 2.06. The molecule has 1 fully saturated rings. The number of morpholine rings is 1. The van der Waals surface area contributed by atoms with Crippen molar-refractivity contribution in [2.75, 3.05) is 31.2 Å². The monoisotopic (exact) mass is 302 g/mol. The molecule has 0 bridgehead atoms.